The highest BCUT2D eigenvalue weighted by molar-refractivity contribution is 7.89. The number of aliphatic hydroxyl groups excluding tert-OH is 1. The fraction of sp³-hybridized carbons (Fsp3) is 0.500. The van der Waals surface area contributed by atoms with E-state index in [0.29, 0.717) is 6.54 Å². The summed E-state index contributed by atoms with van der Waals surface area (Å²) >= 11 is 5.66. The Hall–Kier alpha value is -0.690. The number of rotatable bonds is 5. The molecule has 19 heavy (non-hydrogen) atoms. The third kappa shape index (κ3) is 2.76. The lowest BCUT2D eigenvalue weighted by Crippen LogP contribution is -2.33. The van der Waals surface area contributed by atoms with Gasteiger partial charge >= 0.3 is 0 Å². The Kier molecular flexibility index (Phi) is 4.15. The number of hydrogen-bond donors (Lipinski definition) is 1. The Morgan fingerprint density at radius 1 is 1.47 bits per heavy atom. The van der Waals surface area contributed by atoms with E-state index in [0.717, 1.165) is 18.9 Å². The highest BCUT2D eigenvalue weighted by Gasteiger charge is 2.37. The van der Waals surface area contributed by atoms with E-state index in [1.807, 2.05) is 0 Å². The first-order chi connectivity index (χ1) is 8.91. The smallest absolute Gasteiger partial charge is 0.243 e. The van der Waals surface area contributed by atoms with Gasteiger partial charge in [0.25, 0.3) is 0 Å². The van der Waals surface area contributed by atoms with Crippen LogP contribution in [0.5, 0.6) is 0 Å². The minimum Gasteiger partial charge on any atom is -0.392 e. The molecule has 0 aliphatic heterocycles. The lowest BCUT2D eigenvalue weighted by Gasteiger charge is -2.20. The van der Waals surface area contributed by atoms with Gasteiger partial charge in [0.15, 0.2) is 0 Å². The Labute approximate surface area is 116 Å². The fourth-order valence-corrected chi connectivity index (χ4v) is 3.93. The Morgan fingerprint density at radius 2 is 2.11 bits per heavy atom. The molecule has 0 radical (unpaired) electrons. The maximum atomic E-state index is 13.6. The van der Waals surface area contributed by atoms with Gasteiger partial charge in [0.05, 0.1) is 16.5 Å². The zero-order chi connectivity index (χ0) is 14.2. The van der Waals surface area contributed by atoms with Crippen LogP contribution in [0, 0.1) is 5.82 Å². The first-order valence-electron chi connectivity index (χ1n) is 6.02. The summed E-state index contributed by atoms with van der Waals surface area (Å²) in [5.74, 6) is -0.835. The van der Waals surface area contributed by atoms with Gasteiger partial charge in [0.2, 0.25) is 10.0 Å². The van der Waals surface area contributed by atoms with E-state index in [4.69, 9.17) is 16.7 Å². The van der Waals surface area contributed by atoms with E-state index in [9.17, 15) is 12.8 Å². The van der Waals surface area contributed by atoms with Crippen LogP contribution in [0.3, 0.4) is 0 Å². The molecule has 1 fully saturated rings. The third-order valence-corrected chi connectivity index (χ3v) is 5.55. The van der Waals surface area contributed by atoms with Gasteiger partial charge in [0.1, 0.15) is 5.82 Å². The minimum atomic E-state index is -3.74. The van der Waals surface area contributed by atoms with E-state index in [1.54, 1.807) is 6.92 Å². The minimum absolute atomic E-state index is 0.00585. The van der Waals surface area contributed by atoms with Crippen molar-refractivity contribution < 1.29 is 17.9 Å². The SMILES string of the molecule is CCN(C1CC1)S(=O)(=O)c1cc(F)c(Cl)c(CO)c1. The Balaban J connectivity index is 2.48. The number of benzene rings is 1. The summed E-state index contributed by atoms with van der Waals surface area (Å²) in [5.41, 5.74) is 0.0760. The molecule has 1 aromatic rings. The van der Waals surface area contributed by atoms with Crippen molar-refractivity contribution in [3.05, 3.63) is 28.5 Å². The molecule has 0 heterocycles. The molecule has 1 aliphatic rings. The number of hydrogen-bond acceptors (Lipinski definition) is 3. The van der Waals surface area contributed by atoms with Crippen molar-refractivity contribution >= 4 is 21.6 Å². The average molecular weight is 308 g/mol. The first kappa shape index (κ1) is 14.7. The fourth-order valence-electron chi connectivity index (χ4n) is 2.00. The van der Waals surface area contributed by atoms with Crippen molar-refractivity contribution in [2.24, 2.45) is 0 Å². The van der Waals surface area contributed by atoms with E-state index in [-0.39, 0.29) is 21.5 Å². The van der Waals surface area contributed by atoms with Crippen LogP contribution in [-0.2, 0) is 16.6 Å². The number of nitrogens with zero attached hydrogens (tertiary/aromatic N) is 1. The summed E-state index contributed by atoms with van der Waals surface area (Å²) in [6, 6.07) is 2.14. The zero-order valence-electron chi connectivity index (χ0n) is 10.4. The summed E-state index contributed by atoms with van der Waals surface area (Å²) in [6.07, 6.45) is 1.66. The number of sulfonamides is 1. The lowest BCUT2D eigenvalue weighted by atomic mass is 10.2. The molecule has 0 spiro atoms. The van der Waals surface area contributed by atoms with Crippen LogP contribution >= 0.6 is 11.6 Å². The van der Waals surface area contributed by atoms with Crippen LogP contribution < -0.4 is 0 Å². The van der Waals surface area contributed by atoms with Crippen molar-refractivity contribution in [1.82, 2.24) is 4.31 Å². The molecule has 7 heteroatoms. The molecule has 0 aromatic heterocycles. The number of aliphatic hydroxyl groups is 1. The van der Waals surface area contributed by atoms with Crippen LogP contribution in [0.25, 0.3) is 0 Å². The van der Waals surface area contributed by atoms with Crippen molar-refractivity contribution in [2.75, 3.05) is 6.54 Å². The van der Waals surface area contributed by atoms with Crippen LogP contribution in [0.1, 0.15) is 25.3 Å². The molecule has 0 saturated heterocycles. The van der Waals surface area contributed by atoms with Crippen LogP contribution in [0.2, 0.25) is 5.02 Å². The number of halogens is 2. The first-order valence-corrected chi connectivity index (χ1v) is 7.84. The summed E-state index contributed by atoms with van der Waals surface area (Å²) in [4.78, 5) is -0.160. The summed E-state index contributed by atoms with van der Waals surface area (Å²) in [6.45, 7) is 1.58. The van der Waals surface area contributed by atoms with Crippen LogP contribution in [-0.4, -0.2) is 30.4 Å². The topological polar surface area (TPSA) is 57.6 Å². The zero-order valence-corrected chi connectivity index (χ0v) is 12.0. The predicted octanol–water partition coefficient (Wildman–Crippen LogP) is 2.14. The van der Waals surface area contributed by atoms with Gasteiger partial charge in [-0.15, -0.1) is 0 Å². The Morgan fingerprint density at radius 3 is 2.58 bits per heavy atom. The molecular formula is C12H15ClFNO3S. The third-order valence-electron chi connectivity index (χ3n) is 3.12. The molecule has 0 bridgehead atoms. The maximum absolute atomic E-state index is 13.6. The van der Waals surface area contributed by atoms with Gasteiger partial charge in [-0.05, 0) is 25.0 Å². The molecule has 0 amide bonds. The quantitative estimate of drug-likeness (QED) is 0.907. The molecule has 106 valence electrons. The molecule has 1 N–H and O–H groups in total. The predicted molar refractivity (Wildman–Crippen MR) is 69.9 cm³/mol. The van der Waals surface area contributed by atoms with Gasteiger partial charge in [0, 0.05) is 18.2 Å². The molecule has 2 rings (SSSR count). The second kappa shape index (κ2) is 5.36. The standard InChI is InChI=1S/C12H15ClFNO3S/c1-2-15(9-3-4-9)19(17,18)10-5-8(7-16)12(13)11(14)6-10/h5-6,9,16H,2-4,7H2,1H3. The van der Waals surface area contributed by atoms with Gasteiger partial charge in [-0.3, -0.25) is 0 Å². The highest BCUT2D eigenvalue weighted by Crippen LogP contribution is 2.33. The summed E-state index contributed by atoms with van der Waals surface area (Å²) in [5, 5.41) is 8.85. The summed E-state index contributed by atoms with van der Waals surface area (Å²) < 4.78 is 39.8. The molecule has 0 unspecified atom stereocenters. The van der Waals surface area contributed by atoms with Crippen molar-refractivity contribution in [3.8, 4) is 0 Å². The molecular weight excluding hydrogens is 293 g/mol. The second-order valence-corrected chi connectivity index (χ2v) is 6.74. The van der Waals surface area contributed by atoms with Gasteiger partial charge in [-0.1, -0.05) is 18.5 Å². The Bertz CT molecular complexity index is 587. The molecule has 0 atom stereocenters. The van der Waals surface area contributed by atoms with Crippen molar-refractivity contribution in [3.63, 3.8) is 0 Å². The van der Waals surface area contributed by atoms with Crippen molar-refractivity contribution in [1.29, 1.82) is 0 Å². The molecule has 4 nitrogen and oxygen atoms in total. The maximum Gasteiger partial charge on any atom is 0.243 e. The normalized spacial score (nSPS) is 16.1. The summed E-state index contributed by atoms with van der Waals surface area (Å²) in [7, 11) is -3.74. The van der Waals surface area contributed by atoms with E-state index in [1.165, 1.54) is 10.4 Å². The van der Waals surface area contributed by atoms with Gasteiger partial charge in [-0.2, -0.15) is 4.31 Å². The molecule has 1 aromatic carbocycles. The van der Waals surface area contributed by atoms with E-state index in [2.05, 4.69) is 0 Å². The average Bonchev–Trinajstić information content (AvgIpc) is 3.17. The van der Waals surface area contributed by atoms with Gasteiger partial charge in [-0.25, -0.2) is 12.8 Å². The van der Waals surface area contributed by atoms with E-state index < -0.39 is 22.4 Å². The highest BCUT2D eigenvalue weighted by atomic mass is 35.5. The molecule has 1 aliphatic carbocycles. The second-order valence-electron chi connectivity index (χ2n) is 4.48. The van der Waals surface area contributed by atoms with Crippen LogP contribution in [0.15, 0.2) is 17.0 Å². The molecule has 1 saturated carbocycles. The van der Waals surface area contributed by atoms with Crippen LogP contribution in [0.4, 0.5) is 4.39 Å². The lowest BCUT2D eigenvalue weighted by molar-refractivity contribution is 0.281. The largest absolute Gasteiger partial charge is 0.392 e. The van der Waals surface area contributed by atoms with E-state index >= 15 is 0 Å². The van der Waals surface area contributed by atoms with Gasteiger partial charge < -0.3 is 5.11 Å². The van der Waals surface area contributed by atoms with Crippen molar-refractivity contribution in [2.45, 2.75) is 37.3 Å². The monoisotopic (exact) mass is 307 g/mol.